The molecule has 2 aromatic rings. The fraction of sp³-hybridized carbons (Fsp3) is 0.214. The summed E-state index contributed by atoms with van der Waals surface area (Å²) in [7, 11) is 0. The Morgan fingerprint density at radius 2 is 1.88 bits per heavy atom. The molecule has 0 N–H and O–H groups in total. The second kappa shape index (κ2) is 5.40. The van der Waals surface area contributed by atoms with Crippen molar-refractivity contribution >= 4 is 57.2 Å². The number of hydrogen-bond donors (Lipinski definition) is 0. The molecule has 0 atom stereocenters. The largest absolute Gasteiger partial charge is 0.241 e. The lowest BCUT2D eigenvalue weighted by molar-refractivity contribution is 1.11. The van der Waals surface area contributed by atoms with Gasteiger partial charge in [-0.15, -0.1) is 35.7 Å². The molecule has 0 unspecified atom stereocenters. The van der Waals surface area contributed by atoms with E-state index < -0.39 is 0 Å². The van der Waals surface area contributed by atoms with Crippen molar-refractivity contribution in [2.45, 2.75) is 13.3 Å². The smallest absolute Gasteiger partial charge is 0.105 e. The van der Waals surface area contributed by atoms with Gasteiger partial charge in [0.05, 0.1) is 5.69 Å². The first-order chi connectivity index (χ1) is 7.90. The highest BCUT2D eigenvalue weighted by molar-refractivity contribution is 14.0. The molecule has 0 aromatic heterocycles. The molecule has 1 aliphatic rings. The van der Waals surface area contributed by atoms with Crippen LogP contribution in [0.1, 0.15) is 18.9 Å². The second-order valence-electron chi connectivity index (χ2n) is 3.95. The number of nitrogens with zero attached hydrogens (tertiary/aromatic N) is 1. The van der Waals surface area contributed by atoms with Gasteiger partial charge < -0.3 is 0 Å². The zero-order valence-electron chi connectivity index (χ0n) is 9.64. The van der Waals surface area contributed by atoms with Crippen molar-refractivity contribution in [1.82, 2.24) is 0 Å². The zero-order valence-corrected chi connectivity index (χ0v) is 12.8. The van der Waals surface area contributed by atoms with E-state index in [1.54, 1.807) is 0 Å². The van der Waals surface area contributed by atoms with Gasteiger partial charge in [0, 0.05) is 10.9 Å². The molecular formula is C14H14INS. The van der Waals surface area contributed by atoms with Crippen LogP contribution in [0.5, 0.6) is 0 Å². The third-order valence-electron chi connectivity index (χ3n) is 2.78. The molecule has 0 spiro atoms. The second-order valence-corrected chi connectivity index (χ2v) is 5.03. The third kappa shape index (κ3) is 2.22. The van der Waals surface area contributed by atoms with E-state index in [1.165, 1.54) is 27.8 Å². The molecule has 0 amide bonds. The molecule has 17 heavy (non-hydrogen) atoms. The maximum absolute atomic E-state index is 4.71. The quantitative estimate of drug-likeness (QED) is 0.691. The number of thioether (sulfide) groups is 1. The lowest BCUT2D eigenvalue weighted by atomic mass is 10.1. The molecule has 3 heteroatoms. The van der Waals surface area contributed by atoms with Crippen LogP contribution < -0.4 is 0 Å². The van der Waals surface area contributed by atoms with Gasteiger partial charge in [0.15, 0.2) is 0 Å². The summed E-state index contributed by atoms with van der Waals surface area (Å²) in [5.74, 6) is 1.14. The molecule has 1 heterocycles. The Morgan fingerprint density at radius 3 is 2.65 bits per heavy atom. The zero-order chi connectivity index (χ0) is 11.0. The Morgan fingerprint density at radius 1 is 1.12 bits per heavy atom. The van der Waals surface area contributed by atoms with Gasteiger partial charge in [0.1, 0.15) is 5.04 Å². The van der Waals surface area contributed by atoms with E-state index in [2.05, 4.69) is 43.3 Å². The van der Waals surface area contributed by atoms with E-state index in [4.69, 9.17) is 4.99 Å². The van der Waals surface area contributed by atoms with Crippen LogP contribution in [0.4, 0.5) is 5.69 Å². The van der Waals surface area contributed by atoms with E-state index in [9.17, 15) is 0 Å². The third-order valence-corrected chi connectivity index (χ3v) is 3.98. The van der Waals surface area contributed by atoms with Crippen LogP contribution in [0.3, 0.4) is 0 Å². The van der Waals surface area contributed by atoms with Gasteiger partial charge in [-0.25, -0.2) is 4.99 Å². The van der Waals surface area contributed by atoms with Gasteiger partial charge in [-0.3, -0.25) is 0 Å². The summed E-state index contributed by atoms with van der Waals surface area (Å²) >= 11 is 1.86. The average molecular weight is 355 g/mol. The van der Waals surface area contributed by atoms with E-state index >= 15 is 0 Å². The molecule has 1 aliphatic heterocycles. The van der Waals surface area contributed by atoms with Crippen molar-refractivity contribution < 1.29 is 0 Å². The summed E-state index contributed by atoms with van der Waals surface area (Å²) in [5, 5.41) is 3.81. The minimum atomic E-state index is 0. The SMILES string of the molecule is CCCSC1=Nc2cccc3cccc1c23.I. The maximum atomic E-state index is 4.71. The lowest BCUT2D eigenvalue weighted by Gasteiger charge is -2.02. The summed E-state index contributed by atoms with van der Waals surface area (Å²) in [6, 6.07) is 12.8. The Labute approximate surface area is 123 Å². The molecule has 0 bridgehead atoms. The summed E-state index contributed by atoms with van der Waals surface area (Å²) in [6.07, 6.45) is 1.19. The Balaban J connectivity index is 0.00000108. The molecule has 0 saturated heterocycles. The lowest BCUT2D eigenvalue weighted by Crippen LogP contribution is -1.92. The molecule has 88 valence electrons. The van der Waals surface area contributed by atoms with Gasteiger partial charge in [-0.05, 0) is 23.6 Å². The standard InChI is InChI=1S/C14H13NS.HI/c1-2-9-16-14-11-7-3-5-10-6-4-8-12(15-14)13(10)11;/h3-8H,2,9H2,1H3;1H. The average Bonchev–Trinajstić information content (AvgIpc) is 2.68. The van der Waals surface area contributed by atoms with E-state index in [-0.39, 0.29) is 24.0 Å². The number of hydrogen-bond acceptors (Lipinski definition) is 2. The summed E-state index contributed by atoms with van der Waals surface area (Å²) in [4.78, 5) is 4.71. The van der Waals surface area contributed by atoms with Crippen LogP contribution in [0.15, 0.2) is 41.4 Å². The van der Waals surface area contributed by atoms with Crippen LogP contribution in [-0.4, -0.2) is 10.8 Å². The van der Waals surface area contributed by atoms with E-state index in [1.807, 2.05) is 11.8 Å². The molecule has 3 rings (SSSR count). The van der Waals surface area contributed by atoms with E-state index in [0.29, 0.717) is 0 Å². The number of halogens is 1. The number of aliphatic imine (C=N–C) groups is 1. The minimum absolute atomic E-state index is 0. The number of rotatable bonds is 2. The van der Waals surface area contributed by atoms with Crippen LogP contribution in [0.2, 0.25) is 0 Å². The van der Waals surface area contributed by atoms with Crippen molar-refractivity contribution in [3.05, 3.63) is 42.0 Å². The molecule has 1 nitrogen and oxygen atoms in total. The van der Waals surface area contributed by atoms with Gasteiger partial charge in [0.2, 0.25) is 0 Å². The van der Waals surface area contributed by atoms with Crippen molar-refractivity contribution in [3.8, 4) is 0 Å². The van der Waals surface area contributed by atoms with Gasteiger partial charge in [0.25, 0.3) is 0 Å². The summed E-state index contributed by atoms with van der Waals surface area (Å²) in [5.41, 5.74) is 2.44. The van der Waals surface area contributed by atoms with Gasteiger partial charge in [-0.2, -0.15) is 0 Å². The van der Waals surface area contributed by atoms with Crippen LogP contribution in [0, 0.1) is 0 Å². The fourth-order valence-electron chi connectivity index (χ4n) is 2.07. The fourth-order valence-corrected chi connectivity index (χ4v) is 2.96. The highest BCUT2D eigenvalue weighted by Crippen LogP contribution is 2.38. The normalized spacial score (nSPS) is 12.4. The Bertz CT molecular complexity index is 572. The van der Waals surface area contributed by atoms with Gasteiger partial charge >= 0.3 is 0 Å². The molecule has 0 saturated carbocycles. The molecule has 0 fully saturated rings. The van der Waals surface area contributed by atoms with Crippen molar-refractivity contribution in [2.24, 2.45) is 4.99 Å². The highest BCUT2D eigenvalue weighted by Gasteiger charge is 2.17. The topological polar surface area (TPSA) is 12.4 Å². The van der Waals surface area contributed by atoms with Crippen molar-refractivity contribution in [3.63, 3.8) is 0 Å². The molecule has 2 aromatic carbocycles. The number of benzene rings is 2. The molecular weight excluding hydrogens is 341 g/mol. The summed E-state index contributed by atoms with van der Waals surface area (Å²) < 4.78 is 0. The van der Waals surface area contributed by atoms with E-state index in [0.717, 1.165) is 11.4 Å². The monoisotopic (exact) mass is 355 g/mol. The Hall–Kier alpha value is -0.550. The minimum Gasteiger partial charge on any atom is -0.241 e. The van der Waals surface area contributed by atoms with Gasteiger partial charge in [-0.1, -0.05) is 37.3 Å². The highest BCUT2D eigenvalue weighted by atomic mass is 127. The van der Waals surface area contributed by atoms with Crippen LogP contribution >= 0.6 is 35.7 Å². The Kier molecular flexibility index (Phi) is 4.09. The molecule has 0 radical (unpaired) electrons. The predicted octanol–water partition coefficient (Wildman–Crippen LogP) is 4.99. The predicted molar refractivity (Wildman–Crippen MR) is 88.3 cm³/mol. The van der Waals surface area contributed by atoms with Crippen molar-refractivity contribution in [1.29, 1.82) is 0 Å². The molecule has 0 aliphatic carbocycles. The first kappa shape index (κ1) is 12.9. The van der Waals surface area contributed by atoms with Crippen LogP contribution in [-0.2, 0) is 0 Å². The first-order valence-corrected chi connectivity index (χ1v) is 6.62. The van der Waals surface area contributed by atoms with Crippen molar-refractivity contribution in [2.75, 3.05) is 5.75 Å². The maximum Gasteiger partial charge on any atom is 0.105 e. The first-order valence-electron chi connectivity index (χ1n) is 5.64. The summed E-state index contributed by atoms with van der Waals surface area (Å²) in [6.45, 7) is 2.20. The van der Waals surface area contributed by atoms with Crippen LogP contribution in [0.25, 0.3) is 10.8 Å².